The highest BCUT2D eigenvalue weighted by molar-refractivity contribution is 5.97. The molecule has 1 aromatic carbocycles. The molecule has 136 valence electrons. The van der Waals surface area contributed by atoms with Gasteiger partial charge in [-0.2, -0.15) is 0 Å². The second-order valence-corrected chi connectivity index (χ2v) is 6.64. The number of ether oxygens (including phenoxy) is 1. The normalized spacial score (nSPS) is 20.3. The number of hydrogen-bond acceptors (Lipinski definition) is 4. The van der Waals surface area contributed by atoms with E-state index < -0.39 is 17.9 Å². The molecule has 1 unspecified atom stereocenters. The van der Waals surface area contributed by atoms with Crippen molar-refractivity contribution in [2.45, 2.75) is 38.8 Å². The van der Waals surface area contributed by atoms with Gasteiger partial charge in [-0.15, -0.1) is 0 Å². The lowest BCUT2D eigenvalue weighted by Gasteiger charge is -2.34. The molecule has 0 bridgehead atoms. The van der Waals surface area contributed by atoms with Crippen LogP contribution in [-0.2, 0) is 9.59 Å². The van der Waals surface area contributed by atoms with Crippen molar-refractivity contribution < 1.29 is 24.2 Å². The van der Waals surface area contributed by atoms with Crippen LogP contribution in [0.2, 0.25) is 0 Å². The number of carboxylic acids is 1. The fraction of sp³-hybridized carbons (Fsp3) is 0.500. The van der Waals surface area contributed by atoms with Crippen LogP contribution in [0.3, 0.4) is 0 Å². The van der Waals surface area contributed by atoms with Crippen molar-refractivity contribution >= 4 is 17.8 Å². The van der Waals surface area contributed by atoms with Gasteiger partial charge >= 0.3 is 5.97 Å². The summed E-state index contributed by atoms with van der Waals surface area (Å²) in [7, 11) is 1.55. The summed E-state index contributed by atoms with van der Waals surface area (Å²) in [5, 5.41) is 14.5. The van der Waals surface area contributed by atoms with Crippen molar-refractivity contribution in [3.05, 3.63) is 29.8 Å². The number of amides is 2. The molecule has 25 heavy (non-hydrogen) atoms. The van der Waals surface area contributed by atoms with E-state index in [1.54, 1.807) is 31.4 Å². The van der Waals surface area contributed by atoms with Crippen molar-refractivity contribution in [1.82, 2.24) is 10.6 Å². The largest absolute Gasteiger partial charge is 0.497 e. The van der Waals surface area contributed by atoms with E-state index >= 15 is 0 Å². The van der Waals surface area contributed by atoms with E-state index in [0.717, 1.165) is 0 Å². The topological polar surface area (TPSA) is 105 Å². The molecule has 0 heterocycles. The van der Waals surface area contributed by atoms with Crippen molar-refractivity contribution in [1.29, 1.82) is 0 Å². The first-order chi connectivity index (χ1) is 11.8. The first-order valence-electron chi connectivity index (χ1n) is 8.30. The summed E-state index contributed by atoms with van der Waals surface area (Å²) in [5.74, 6) is -1.31. The molecule has 0 radical (unpaired) electrons. The lowest BCUT2D eigenvalue weighted by Crippen LogP contribution is -2.55. The van der Waals surface area contributed by atoms with E-state index in [-0.39, 0.29) is 23.8 Å². The summed E-state index contributed by atoms with van der Waals surface area (Å²) in [6, 6.07) is 5.80. The van der Waals surface area contributed by atoms with E-state index in [2.05, 4.69) is 10.6 Å². The molecule has 0 aromatic heterocycles. The minimum atomic E-state index is -0.835. The van der Waals surface area contributed by atoms with Gasteiger partial charge in [0, 0.05) is 11.6 Å². The zero-order valence-corrected chi connectivity index (χ0v) is 14.6. The fourth-order valence-electron chi connectivity index (χ4n) is 2.73. The third-order valence-corrected chi connectivity index (χ3v) is 4.42. The van der Waals surface area contributed by atoms with Crippen molar-refractivity contribution in [3.63, 3.8) is 0 Å². The molecule has 1 saturated carbocycles. The van der Waals surface area contributed by atoms with Gasteiger partial charge in [-0.1, -0.05) is 13.8 Å². The van der Waals surface area contributed by atoms with E-state index in [1.807, 2.05) is 13.8 Å². The summed E-state index contributed by atoms with van der Waals surface area (Å²) in [6.07, 6.45) is 0.858. The first kappa shape index (κ1) is 18.8. The van der Waals surface area contributed by atoms with Gasteiger partial charge in [0.05, 0.1) is 13.0 Å². The predicted molar refractivity (Wildman–Crippen MR) is 91.4 cm³/mol. The summed E-state index contributed by atoms with van der Waals surface area (Å²) < 4.78 is 5.06. The van der Waals surface area contributed by atoms with Gasteiger partial charge < -0.3 is 20.5 Å². The van der Waals surface area contributed by atoms with Crippen LogP contribution in [0, 0.1) is 11.8 Å². The van der Waals surface area contributed by atoms with Gasteiger partial charge in [-0.25, -0.2) is 0 Å². The highest BCUT2D eigenvalue weighted by atomic mass is 16.5. The van der Waals surface area contributed by atoms with E-state index in [9.17, 15) is 14.4 Å². The van der Waals surface area contributed by atoms with E-state index in [4.69, 9.17) is 9.84 Å². The molecule has 1 aliphatic rings. The van der Waals surface area contributed by atoms with Crippen LogP contribution in [0.5, 0.6) is 5.75 Å². The Morgan fingerprint density at radius 3 is 2.24 bits per heavy atom. The molecular formula is C18H24N2O5. The number of carboxylic acid groups (broad SMARTS) is 1. The Kier molecular flexibility index (Phi) is 6.01. The van der Waals surface area contributed by atoms with Crippen LogP contribution in [0.1, 0.15) is 37.0 Å². The number of nitrogens with one attached hydrogen (secondary N) is 2. The Labute approximate surface area is 146 Å². The molecule has 7 nitrogen and oxygen atoms in total. The third-order valence-electron chi connectivity index (χ3n) is 4.42. The summed E-state index contributed by atoms with van der Waals surface area (Å²) >= 11 is 0. The molecule has 3 N–H and O–H groups in total. The molecule has 2 amide bonds. The number of carbonyl (C=O) groups is 3. The highest BCUT2D eigenvalue weighted by Crippen LogP contribution is 2.27. The second kappa shape index (κ2) is 8.00. The number of carbonyl (C=O) groups excluding carboxylic acids is 2. The highest BCUT2D eigenvalue weighted by Gasteiger charge is 2.37. The Balaban J connectivity index is 1.94. The van der Waals surface area contributed by atoms with E-state index in [0.29, 0.717) is 24.2 Å². The molecule has 0 aliphatic heterocycles. The zero-order valence-electron chi connectivity index (χ0n) is 14.6. The number of aliphatic carboxylic acids is 1. The van der Waals surface area contributed by atoms with Gasteiger partial charge in [0.1, 0.15) is 11.8 Å². The van der Waals surface area contributed by atoms with Crippen LogP contribution < -0.4 is 15.4 Å². The average Bonchev–Trinajstić information content (AvgIpc) is 2.54. The molecule has 1 atom stereocenters. The van der Waals surface area contributed by atoms with Crippen molar-refractivity contribution in [2.24, 2.45) is 11.8 Å². The molecule has 7 heteroatoms. The quantitative estimate of drug-likeness (QED) is 0.691. The Morgan fingerprint density at radius 2 is 1.76 bits per heavy atom. The lowest BCUT2D eigenvalue weighted by atomic mass is 9.80. The van der Waals surface area contributed by atoms with Gasteiger partial charge in [0.25, 0.3) is 5.91 Å². The molecule has 1 aliphatic carbocycles. The molecular weight excluding hydrogens is 324 g/mol. The van der Waals surface area contributed by atoms with Gasteiger partial charge in [0.2, 0.25) is 5.91 Å². The molecule has 1 fully saturated rings. The van der Waals surface area contributed by atoms with Crippen LogP contribution in [-0.4, -0.2) is 42.1 Å². The SMILES string of the molecule is COc1ccc(C(=O)NC(C(=O)NC2CC(C(=O)O)C2)C(C)C)cc1. The molecule has 0 spiro atoms. The first-order valence-corrected chi connectivity index (χ1v) is 8.30. The summed E-state index contributed by atoms with van der Waals surface area (Å²) in [6.45, 7) is 3.69. The van der Waals surface area contributed by atoms with Crippen LogP contribution >= 0.6 is 0 Å². The number of hydrogen-bond donors (Lipinski definition) is 3. The molecule has 0 saturated heterocycles. The van der Waals surface area contributed by atoms with Crippen LogP contribution in [0.15, 0.2) is 24.3 Å². The third kappa shape index (κ3) is 4.71. The molecule has 2 rings (SSSR count). The fourth-order valence-corrected chi connectivity index (χ4v) is 2.73. The maximum atomic E-state index is 12.4. The maximum absolute atomic E-state index is 12.4. The Hall–Kier alpha value is -2.57. The number of methoxy groups -OCH3 is 1. The standard InChI is InChI=1S/C18H24N2O5/c1-10(2)15(17(22)19-13-8-12(9-13)18(23)24)20-16(21)11-4-6-14(25-3)7-5-11/h4-7,10,12-13,15H,8-9H2,1-3H3,(H,19,22)(H,20,21)(H,23,24). The lowest BCUT2D eigenvalue weighted by molar-refractivity contribution is -0.146. The minimum absolute atomic E-state index is 0.0995. The Bertz CT molecular complexity index is 635. The zero-order chi connectivity index (χ0) is 18.6. The van der Waals surface area contributed by atoms with Crippen molar-refractivity contribution in [2.75, 3.05) is 7.11 Å². The van der Waals surface area contributed by atoms with Gasteiger partial charge in [0.15, 0.2) is 0 Å². The number of rotatable bonds is 7. The van der Waals surface area contributed by atoms with Gasteiger partial charge in [-0.3, -0.25) is 14.4 Å². The van der Waals surface area contributed by atoms with Crippen LogP contribution in [0.25, 0.3) is 0 Å². The molecule has 1 aromatic rings. The minimum Gasteiger partial charge on any atom is -0.497 e. The summed E-state index contributed by atoms with van der Waals surface area (Å²) in [4.78, 5) is 35.6. The van der Waals surface area contributed by atoms with Gasteiger partial charge in [-0.05, 0) is 43.0 Å². The maximum Gasteiger partial charge on any atom is 0.306 e. The Morgan fingerprint density at radius 1 is 1.16 bits per heavy atom. The number of benzene rings is 1. The van der Waals surface area contributed by atoms with E-state index in [1.165, 1.54) is 0 Å². The second-order valence-electron chi connectivity index (χ2n) is 6.64. The summed E-state index contributed by atoms with van der Waals surface area (Å²) in [5.41, 5.74) is 0.439. The van der Waals surface area contributed by atoms with Crippen molar-refractivity contribution in [3.8, 4) is 5.75 Å². The smallest absolute Gasteiger partial charge is 0.306 e. The monoisotopic (exact) mass is 348 g/mol. The van der Waals surface area contributed by atoms with Crippen LogP contribution in [0.4, 0.5) is 0 Å². The predicted octanol–water partition coefficient (Wildman–Crippen LogP) is 1.43. The average molecular weight is 348 g/mol.